The molecule has 4 heteroatoms. The fraction of sp³-hybridized carbons (Fsp3) is 0.0789. The highest BCUT2D eigenvalue weighted by Gasteiger charge is 2.36. The minimum Gasteiger partial charge on any atom is -0.454 e. The van der Waals surface area contributed by atoms with Gasteiger partial charge in [0.2, 0.25) is 0 Å². The Balaban J connectivity index is 1.33. The Labute approximate surface area is 244 Å². The Kier molecular flexibility index (Phi) is 5.44. The Morgan fingerprint density at radius 3 is 2.17 bits per heavy atom. The molecule has 0 atom stereocenters. The van der Waals surface area contributed by atoms with Gasteiger partial charge in [0.15, 0.2) is 11.6 Å². The van der Waals surface area contributed by atoms with E-state index in [4.69, 9.17) is 14.4 Å². The van der Waals surface area contributed by atoms with Crippen LogP contribution in [0.1, 0.15) is 25.0 Å². The maximum atomic E-state index is 6.30. The molecule has 0 amide bonds. The SMILES string of the molecule is CC1(C)c2ccccc2-c2c(-c3cc(-c4cc5ccccc5o4)nc(-c4ccc(-c5cccnc5)cc4)n3)cccc21. The summed E-state index contributed by atoms with van der Waals surface area (Å²) in [5.41, 5.74) is 11.7. The number of benzene rings is 4. The van der Waals surface area contributed by atoms with Gasteiger partial charge in [0.1, 0.15) is 11.3 Å². The fourth-order valence-corrected chi connectivity index (χ4v) is 6.26. The highest BCUT2D eigenvalue weighted by atomic mass is 16.3. The zero-order valence-corrected chi connectivity index (χ0v) is 23.4. The lowest BCUT2D eigenvalue weighted by atomic mass is 9.82. The van der Waals surface area contributed by atoms with Gasteiger partial charge in [-0.05, 0) is 57.6 Å². The minimum atomic E-state index is -0.0957. The molecule has 200 valence electrons. The zero-order chi connectivity index (χ0) is 28.3. The maximum Gasteiger partial charge on any atom is 0.160 e. The molecular weight excluding hydrogens is 514 g/mol. The minimum absolute atomic E-state index is 0.0957. The van der Waals surface area contributed by atoms with Crippen LogP contribution in [0.3, 0.4) is 0 Å². The van der Waals surface area contributed by atoms with E-state index in [0.717, 1.165) is 50.4 Å². The van der Waals surface area contributed by atoms with Crippen LogP contribution in [0.15, 0.2) is 132 Å². The van der Waals surface area contributed by atoms with Crippen molar-refractivity contribution in [3.8, 4) is 56.4 Å². The highest BCUT2D eigenvalue weighted by molar-refractivity contribution is 5.92. The standard InChI is InChI=1S/C38H27N3O/c1-38(2)30-13-5-4-11-28(30)36-29(12-7-14-31(36)38)32-22-33(35-21-26-9-3-6-15-34(26)42-35)41-37(40-32)25-18-16-24(17-19-25)27-10-8-20-39-23-27/h3-23H,1-2H3. The third-order valence-electron chi connectivity index (χ3n) is 8.43. The number of fused-ring (bicyclic) bond motifs is 4. The normalized spacial score (nSPS) is 13.2. The first-order valence-electron chi connectivity index (χ1n) is 14.2. The van der Waals surface area contributed by atoms with Gasteiger partial charge in [0.05, 0.1) is 5.69 Å². The first-order valence-corrected chi connectivity index (χ1v) is 14.2. The first kappa shape index (κ1) is 24.4. The van der Waals surface area contributed by atoms with Crippen molar-refractivity contribution in [1.82, 2.24) is 15.0 Å². The first-order chi connectivity index (χ1) is 20.6. The topological polar surface area (TPSA) is 51.8 Å². The molecule has 0 saturated carbocycles. The summed E-state index contributed by atoms with van der Waals surface area (Å²) in [4.78, 5) is 14.5. The molecule has 0 fully saturated rings. The van der Waals surface area contributed by atoms with Crippen molar-refractivity contribution in [2.75, 3.05) is 0 Å². The number of furan rings is 1. The quantitative estimate of drug-likeness (QED) is 0.223. The molecule has 0 radical (unpaired) electrons. The van der Waals surface area contributed by atoms with E-state index >= 15 is 0 Å². The molecule has 3 aromatic heterocycles. The van der Waals surface area contributed by atoms with E-state index in [-0.39, 0.29) is 5.41 Å². The second-order valence-corrected chi connectivity index (χ2v) is 11.3. The molecule has 4 aromatic carbocycles. The summed E-state index contributed by atoms with van der Waals surface area (Å²) in [5.74, 6) is 1.38. The molecule has 0 aliphatic heterocycles. The van der Waals surface area contributed by atoms with Gasteiger partial charge in [0, 0.05) is 34.3 Å². The lowest BCUT2D eigenvalue weighted by Gasteiger charge is -2.21. The summed E-state index contributed by atoms with van der Waals surface area (Å²) < 4.78 is 6.30. The van der Waals surface area contributed by atoms with Crippen LogP contribution in [-0.4, -0.2) is 15.0 Å². The van der Waals surface area contributed by atoms with E-state index in [0.29, 0.717) is 5.82 Å². The number of hydrogen-bond donors (Lipinski definition) is 0. The summed E-state index contributed by atoms with van der Waals surface area (Å²) in [5, 5.41) is 1.05. The second kappa shape index (κ2) is 9.35. The number of hydrogen-bond acceptors (Lipinski definition) is 4. The number of para-hydroxylation sites is 1. The van der Waals surface area contributed by atoms with E-state index in [9.17, 15) is 0 Å². The Morgan fingerprint density at radius 2 is 1.33 bits per heavy atom. The van der Waals surface area contributed by atoms with Crippen molar-refractivity contribution in [1.29, 1.82) is 0 Å². The van der Waals surface area contributed by atoms with E-state index in [1.165, 1.54) is 22.3 Å². The second-order valence-electron chi connectivity index (χ2n) is 11.3. The van der Waals surface area contributed by atoms with Crippen LogP contribution < -0.4 is 0 Å². The molecule has 3 heterocycles. The van der Waals surface area contributed by atoms with Crippen LogP contribution in [0.2, 0.25) is 0 Å². The van der Waals surface area contributed by atoms with Crippen LogP contribution in [0, 0.1) is 0 Å². The van der Waals surface area contributed by atoms with E-state index in [1.807, 2.05) is 30.5 Å². The predicted molar refractivity (Wildman–Crippen MR) is 169 cm³/mol. The van der Waals surface area contributed by atoms with Crippen LogP contribution in [0.4, 0.5) is 0 Å². The third kappa shape index (κ3) is 3.87. The molecule has 0 unspecified atom stereocenters. The van der Waals surface area contributed by atoms with Gasteiger partial charge in [0.25, 0.3) is 0 Å². The monoisotopic (exact) mass is 541 g/mol. The van der Waals surface area contributed by atoms with E-state index in [1.54, 1.807) is 6.20 Å². The molecule has 1 aliphatic carbocycles. The van der Waals surface area contributed by atoms with Crippen molar-refractivity contribution in [3.05, 3.63) is 139 Å². The number of pyridine rings is 1. The predicted octanol–water partition coefficient (Wildman–Crippen LogP) is 9.59. The number of rotatable bonds is 4. The van der Waals surface area contributed by atoms with Crippen LogP contribution >= 0.6 is 0 Å². The molecule has 0 saturated heterocycles. The Morgan fingerprint density at radius 1 is 0.595 bits per heavy atom. The van der Waals surface area contributed by atoms with Crippen molar-refractivity contribution < 1.29 is 4.42 Å². The third-order valence-corrected chi connectivity index (χ3v) is 8.43. The average Bonchev–Trinajstić information content (AvgIpc) is 3.58. The zero-order valence-electron chi connectivity index (χ0n) is 23.4. The van der Waals surface area contributed by atoms with E-state index < -0.39 is 0 Å². The molecule has 0 bridgehead atoms. The van der Waals surface area contributed by atoms with Crippen molar-refractivity contribution >= 4 is 11.0 Å². The lowest BCUT2D eigenvalue weighted by molar-refractivity contribution is 0.628. The number of aromatic nitrogens is 3. The molecule has 7 aromatic rings. The summed E-state index contributed by atoms with van der Waals surface area (Å²) in [6.07, 6.45) is 3.66. The molecule has 8 rings (SSSR count). The molecule has 0 N–H and O–H groups in total. The van der Waals surface area contributed by atoms with Crippen molar-refractivity contribution in [2.45, 2.75) is 19.3 Å². The summed E-state index contributed by atoms with van der Waals surface area (Å²) >= 11 is 0. The molecule has 0 spiro atoms. The van der Waals surface area contributed by atoms with Crippen LogP contribution in [-0.2, 0) is 5.41 Å². The number of nitrogens with zero attached hydrogens (tertiary/aromatic N) is 3. The van der Waals surface area contributed by atoms with Gasteiger partial charge in [-0.1, -0.05) is 105 Å². The van der Waals surface area contributed by atoms with Gasteiger partial charge >= 0.3 is 0 Å². The Bertz CT molecular complexity index is 2070. The maximum absolute atomic E-state index is 6.30. The smallest absolute Gasteiger partial charge is 0.160 e. The average molecular weight is 542 g/mol. The molecular formula is C38H27N3O. The van der Waals surface area contributed by atoms with Crippen molar-refractivity contribution in [2.24, 2.45) is 0 Å². The summed E-state index contributed by atoms with van der Waals surface area (Å²) in [7, 11) is 0. The van der Waals surface area contributed by atoms with E-state index in [2.05, 4.69) is 110 Å². The summed E-state index contributed by atoms with van der Waals surface area (Å²) in [6.45, 7) is 4.60. The van der Waals surface area contributed by atoms with Crippen molar-refractivity contribution in [3.63, 3.8) is 0 Å². The summed E-state index contributed by atoms with van der Waals surface area (Å²) in [6, 6.07) is 39.9. The largest absolute Gasteiger partial charge is 0.454 e. The van der Waals surface area contributed by atoms with Gasteiger partial charge in [-0.25, -0.2) is 9.97 Å². The van der Waals surface area contributed by atoms with Gasteiger partial charge in [-0.2, -0.15) is 0 Å². The van der Waals surface area contributed by atoms with Crippen LogP contribution in [0.25, 0.3) is 67.3 Å². The van der Waals surface area contributed by atoms with Gasteiger partial charge < -0.3 is 4.42 Å². The molecule has 42 heavy (non-hydrogen) atoms. The van der Waals surface area contributed by atoms with Gasteiger partial charge in [-0.3, -0.25) is 4.98 Å². The Hall–Kier alpha value is -5.35. The van der Waals surface area contributed by atoms with Crippen LogP contribution in [0.5, 0.6) is 0 Å². The fourth-order valence-electron chi connectivity index (χ4n) is 6.26. The lowest BCUT2D eigenvalue weighted by Crippen LogP contribution is -2.14. The molecule has 1 aliphatic rings. The van der Waals surface area contributed by atoms with Gasteiger partial charge in [-0.15, -0.1) is 0 Å². The molecule has 4 nitrogen and oxygen atoms in total. The highest BCUT2D eigenvalue weighted by Crippen LogP contribution is 2.52.